The number of aliphatic hydroxyl groups is 2. The van der Waals surface area contributed by atoms with Gasteiger partial charge in [-0.1, -0.05) is 15.9 Å². The van der Waals surface area contributed by atoms with Gasteiger partial charge in [0.1, 0.15) is 24.4 Å². The molecule has 1 heterocycles. The number of hydrogen-bond acceptors (Lipinski definition) is 4. The maximum atomic E-state index is 9.68. The fourth-order valence-corrected chi connectivity index (χ4v) is 2.43. The molecule has 0 aromatic heterocycles. The zero-order valence-corrected chi connectivity index (χ0v) is 9.56. The fourth-order valence-electron chi connectivity index (χ4n) is 1.80. The van der Waals surface area contributed by atoms with Gasteiger partial charge in [-0.15, -0.1) is 0 Å². The minimum atomic E-state index is -0.928. The van der Waals surface area contributed by atoms with E-state index in [-0.39, 0.29) is 6.10 Å². The molecule has 1 fully saturated rings. The third-order valence-electron chi connectivity index (χ3n) is 2.42. The van der Waals surface area contributed by atoms with E-state index in [0.29, 0.717) is 0 Å². The van der Waals surface area contributed by atoms with E-state index in [2.05, 4.69) is 15.9 Å². The molecule has 0 saturated carbocycles. The summed E-state index contributed by atoms with van der Waals surface area (Å²) in [6, 6.07) is 0. The highest BCUT2D eigenvalue weighted by Gasteiger charge is 2.49. The van der Waals surface area contributed by atoms with Gasteiger partial charge in [-0.05, 0) is 19.9 Å². The third-order valence-corrected chi connectivity index (χ3v) is 3.13. The lowest BCUT2D eigenvalue weighted by Crippen LogP contribution is -2.46. The minimum Gasteiger partial charge on any atom is -0.387 e. The predicted molar refractivity (Wildman–Crippen MR) is 52.8 cm³/mol. The van der Waals surface area contributed by atoms with Gasteiger partial charge in [0.05, 0.1) is 0 Å². The first-order chi connectivity index (χ1) is 6.41. The molecule has 14 heavy (non-hydrogen) atoms. The molecule has 1 aliphatic heterocycles. The summed E-state index contributed by atoms with van der Waals surface area (Å²) in [5.41, 5.74) is 0. The van der Waals surface area contributed by atoms with Gasteiger partial charge in [0.2, 0.25) is 0 Å². The molecular weight excluding hydrogens is 252 g/mol. The first-order valence-corrected chi connectivity index (χ1v) is 5.29. The average molecular weight is 265 g/mol. The van der Waals surface area contributed by atoms with Gasteiger partial charge >= 0.3 is 0 Å². The summed E-state index contributed by atoms with van der Waals surface area (Å²) in [6.45, 7) is 3.56. The lowest BCUT2D eigenvalue weighted by atomic mass is 9.96. The van der Waals surface area contributed by atoms with E-state index in [4.69, 9.17) is 9.47 Å². The van der Waals surface area contributed by atoms with Crippen LogP contribution in [0.1, 0.15) is 13.8 Å². The van der Waals surface area contributed by atoms with Gasteiger partial charge in [-0.25, -0.2) is 0 Å². The van der Waals surface area contributed by atoms with Gasteiger partial charge in [0.15, 0.2) is 5.79 Å². The fraction of sp³-hybridized carbons (Fsp3) is 0.778. The Balaban J connectivity index is 2.27. The maximum Gasteiger partial charge on any atom is 0.164 e. The molecule has 0 aromatic carbocycles. The van der Waals surface area contributed by atoms with Gasteiger partial charge in [-0.3, -0.25) is 0 Å². The summed E-state index contributed by atoms with van der Waals surface area (Å²) in [7, 11) is 0. The molecule has 0 unspecified atom stereocenters. The Morgan fingerprint density at radius 3 is 2.64 bits per heavy atom. The van der Waals surface area contributed by atoms with Crippen LogP contribution < -0.4 is 0 Å². The Morgan fingerprint density at radius 2 is 2.00 bits per heavy atom. The second kappa shape index (κ2) is 3.28. The van der Waals surface area contributed by atoms with Crippen molar-refractivity contribution in [3.63, 3.8) is 0 Å². The Kier molecular flexibility index (Phi) is 2.48. The van der Waals surface area contributed by atoms with Crippen molar-refractivity contribution in [3.8, 4) is 0 Å². The second-order valence-corrected chi connectivity index (χ2v) is 4.97. The molecular formula is C9H13BrO4. The summed E-state index contributed by atoms with van der Waals surface area (Å²) in [5, 5.41) is 19.2. The van der Waals surface area contributed by atoms with Crippen molar-refractivity contribution in [2.24, 2.45) is 0 Å². The number of rotatable bonds is 0. The van der Waals surface area contributed by atoms with Gasteiger partial charge in [0, 0.05) is 4.48 Å². The third kappa shape index (κ3) is 1.63. The van der Waals surface area contributed by atoms with E-state index in [0.717, 1.165) is 4.48 Å². The van der Waals surface area contributed by atoms with E-state index < -0.39 is 24.1 Å². The van der Waals surface area contributed by atoms with Crippen LogP contribution in [0.3, 0.4) is 0 Å². The molecule has 4 nitrogen and oxygen atoms in total. The number of halogens is 1. The predicted octanol–water partition coefficient (Wildman–Crippen LogP) is 0.521. The average Bonchev–Trinajstić information content (AvgIpc) is 2.38. The van der Waals surface area contributed by atoms with Gasteiger partial charge < -0.3 is 19.7 Å². The number of hydrogen-bond donors (Lipinski definition) is 2. The summed E-state index contributed by atoms with van der Waals surface area (Å²) in [5.74, 6) is -0.715. The van der Waals surface area contributed by atoms with Crippen molar-refractivity contribution in [2.75, 3.05) is 0 Å². The number of fused-ring (bicyclic) bond motifs is 1. The Bertz CT molecular complexity index is 276. The maximum absolute atomic E-state index is 9.68. The van der Waals surface area contributed by atoms with Crippen LogP contribution in [-0.4, -0.2) is 40.4 Å². The van der Waals surface area contributed by atoms with E-state index in [9.17, 15) is 10.2 Å². The van der Waals surface area contributed by atoms with E-state index in [1.165, 1.54) is 6.08 Å². The zero-order valence-electron chi connectivity index (χ0n) is 7.98. The molecule has 0 bridgehead atoms. The normalized spacial score (nSPS) is 45.9. The molecule has 2 aliphatic rings. The Morgan fingerprint density at radius 1 is 1.36 bits per heavy atom. The van der Waals surface area contributed by atoms with Crippen molar-refractivity contribution < 1.29 is 19.7 Å². The highest BCUT2D eigenvalue weighted by molar-refractivity contribution is 9.11. The highest BCUT2D eigenvalue weighted by atomic mass is 79.9. The van der Waals surface area contributed by atoms with Gasteiger partial charge in [-0.2, -0.15) is 0 Å². The lowest BCUT2D eigenvalue weighted by Gasteiger charge is -2.29. The molecule has 0 aromatic rings. The molecule has 0 radical (unpaired) electrons. The van der Waals surface area contributed by atoms with Crippen molar-refractivity contribution in [3.05, 3.63) is 10.6 Å². The highest BCUT2D eigenvalue weighted by Crippen LogP contribution is 2.39. The standard InChI is InChI=1S/C9H13BrO4/c1-9(2)13-7-4(10)3-5(11)6(12)8(7)14-9/h3,5-8,11-12H,1-2H3/t5-,6-,7-,8+/m1/s1. The molecule has 0 spiro atoms. The van der Waals surface area contributed by atoms with Crippen molar-refractivity contribution in [1.82, 2.24) is 0 Å². The van der Waals surface area contributed by atoms with Crippen LogP contribution in [0.15, 0.2) is 10.6 Å². The largest absolute Gasteiger partial charge is 0.387 e. The van der Waals surface area contributed by atoms with Crippen LogP contribution in [0.5, 0.6) is 0 Å². The molecule has 80 valence electrons. The van der Waals surface area contributed by atoms with E-state index in [1.54, 1.807) is 13.8 Å². The van der Waals surface area contributed by atoms with Crippen LogP contribution in [0.4, 0.5) is 0 Å². The SMILES string of the molecule is CC1(C)O[C@H]2[C@H](O)[C@H](O)C=C(Br)[C@H]2O1. The molecule has 4 atom stereocenters. The van der Waals surface area contributed by atoms with Crippen molar-refractivity contribution in [1.29, 1.82) is 0 Å². The Hall–Kier alpha value is 0.0600. The number of ether oxygens (including phenoxy) is 2. The van der Waals surface area contributed by atoms with Gasteiger partial charge in [0.25, 0.3) is 0 Å². The van der Waals surface area contributed by atoms with Crippen LogP contribution in [-0.2, 0) is 9.47 Å². The summed E-state index contributed by atoms with van der Waals surface area (Å²) >= 11 is 3.30. The van der Waals surface area contributed by atoms with Crippen LogP contribution >= 0.6 is 15.9 Å². The van der Waals surface area contributed by atoms with E-state index in [1.807, 2.05) is 0 Å². The molecule has 5 heteroatoms. The smallest absolute Gasteiger partial charge is 0.164 e. The Labute approximate surface area is 90.6 Å². The van der Waals surface area contributed by atoms with Crippen LogP contribution in [0.2, 0.25) is 0 Å². The lowest BCUT2D eigenvalue weighted by molar-refractivity contribution is -0.158. The van der Waals surface area contributed by atoms with Crippen molar-refractivity contribution in [2.45, 2.75) is 44.1 Å². The quantitative estimate of drug-likeness (QED) is 0.670. The van der Waals surface area contributed by atoms with Crippen LogP contribution in [0.25, 0.3) is 0 Å². The topological polar surface area (TPSA) is 58.9 Å². The zero-order chi connectivity index (χ0) is 10.5. The monoisotopic (exact) mass is 264 g/mol. The van der Waals surface area contributed by atoms with E-state index >= 15 is 0 Å². The molecule has 2 rings (SSSR count). The summed E-state index contributed by atoms with van der Waals surface area (Å²) < 4.78 is 11.8. The second-order valence-electron chi connectivity index (χ2n) is 4.05. The summed E-state index contributed by atoms with van der Waals surface area (Å²) in [6.07, 6.45) is -1.11. The molecule has 1 aliphatic carbocycles. The van der Waals surface area contributed by atoms with Crippen molar-refractivity contribution >= 4 is 15.9 Å². The molecule has 0 amide bonds. The molecule has 2 N–H and O–H groups in total. The minimum absolute atomic E-state index is 0.316. The number of aliphatic hydroxyl groups excluding tert-OH is 2. The molecule has 1 saturated heterocycles. The summed E-state index contributed by atoms with van der Waals surface area (Å²) in [4.78, 5) is 0. The first-order valence-electron chi connectivity index (χ1n) is 4.50. The van der Waals surface area contributed by atoms with Crippen LogP contribution in [0, 0.1) is 0 Å². The first kappa shape index (κ1) is 10.6.